The molecular weight excluding hydrogens is 346 g/mol. The molecule has 2 aliphatic rings. The van der Waals surface area contributed by atoms with Crippen molar-refractivity contribution in [2.24, 2.45) is 21.7 Å². The molecule has 0 unspecified atom stereocenters. The molecule has 28 heavy (non-hydrogen) atoms. The average Bonchev–Trinajstić information content (AvgIpc) is 3.02. The number of aliphatic imine (C=N–C) groups is 1. The van der Waals surface area contributed by atoms with Gasteiger partial charge in [0.2, 0.25) is 0 Å². The maximum atomic E-state index is 5.30. The summed E-state index contributed by atoms with van der Waals surface area (Å²) in [5, 5.41) is 0. The van der Waals surface area contributed by atoms with E-state index in [4.69, 9.17) is 14.5 Å². The zero-order valence-electron chi connectivity index (χ0n) is 17.5. The fourth-order valence-corrected chi connectivity index (χ4v) is 4.97. The Labute approximate surface area is 168 Å². The number of hydrogen-bond acceptors (Lipinski definition) is 3. The lowest BCUT2D eigenvalue weighted by atomic mass is 9.70. The minimum absolute atomic E-state index is 0.0932. The molecule has 2 bridgehead atoms. The molecule has 0 heterocycles. The van der Waals surface area contributed by atoms with Crippen LogP contribution in [0.1, 0.15) is 39.2 Å². The first-order valence-electron chi connectivity index (χ1n) is 9.98. The molecular formula is C25H29NO2. The van der Waals surface area contributed by atoms with Crippen LogP contribution >= 0.6 is 0 Å². The van der Waals surface area contributed by atoms with Crippen molar-refractivity contribution >= 4 is 17.5 Å². The van der Waals surface area contributed by atoms with Gasteiger partial charge < -0.3 is 9.47 Å². The van der Waals surface area contributed by atoms with Gasteiger partial charge in [0.15, 0.2) is 0 Å². The summed E-state index contributed by atoms with van der Waals surface area (Å²) in [6.07, 6.45) is 4.76. The van der Waals surface area contributed by atoms with E-state index < -0.39 is 0 Å². The molecule has 2 aliphatic carbocycles. The Morgan fingerprint density at radius 2 is 1.46 bits per heavy atom. The Balaban J connectivity index is 1.80. The van der Waals surface area contributed by atoms with Crippen molar-refractivity contribution in [2.45, 2.75) is 33.6 Å². The van der Waals surface area contributed by atoms with E-state index in [1.165, 1.54) is 29.7 Å². The van der Waals surface area contributed by atoms with Crippen LogP contribution in [0.5, 0.6) is 11.5 Å². The quantitative estimate of drug-likeness (QED) is 0.626. The molecule has 146 valence electrons. The van der Waals surface area contributed by atoms with Crippen molar-refractivity contribution in [1.29, 1.82) is 0 Å². The average molecular weight is 376 g/mol. The molecule has 3 nitrogen and oxygen atoms in total. The summed E-state index contributed by atoms with van der Waals surface area (Å²) >= 11 is 0. The van der Waals surface area contributed by atoms with Gasteiger partial charge in [0.25, 0.3) is 0 Å². The smallest absolute Gasteiger partial charge is 0.119 e. The predicted molar refractivity (Wildman–Crippen MR) is 116 cm³/mol. The monoisotopic (exact) mass is 375 g/mol. The van der Waals surface area contributed by atoms with Gasteiger partial charge in [0.05, 0.1) is 25.6 Å². The number of nitrogens with zero attached hydrogens (tertiary/aromatic N) is 1. The van der Waals surface area contributed by atoms with Crippen LogP contribution < -0.4 is 9.47 Å². The molecule has 4 rings (SSSR count). The van der Waals surface area contributed by atoms with E-state index in [2.05, 4.69) is 39.0 Å². The number of ether oxygens (including phenoxy) is 2. The lowest BCUT2D eigenvalue weighted by Crippen LogP contribution is -2.32. The minimum atomic E-state index is 0.0932. The molecule has 2 aromatic carbocycles. The maximum absolute atomic E-state index is 5.30. The Morgan fingerprint density at radius 1 is 0.893 bits per heavy atom. The van der Waals surface area contributed by atoms with Gasteiger partial charge in [-0.05, 0) is 77.8 Å². The molecule has 0 saturated heterocycles. The van der Waals surface area contributed by atoms with Gasteiger partial charge in [-0.15, -0.1) is 0 Å². The van der Waals surface area contributed by atoms with Gasteiger partial charge in [-0.2, -0.15) is 0 Å². The summed E-state index contributed by atoms with van der Waals surface area (Å²) in [4.78, 5) is 5.16. The molecule has 2 fully saturated rings. The number of hydrogen-bond donors (Lipinski definition) is 0. The van der Waals surface area contributed by atoms with E-state index in [0.717, 1.165) is 17.2 Å². The largest absolute Gasteiger partial charge is 0.497 e. The lowest BCUT2D eigenvalue weighted by Gasteiger charge is -2.34. The summed E-state index contributed by atoms with van der Waals surface area (Å²) in [6.45, 7) is 7.20. The van der Waals surface area contributed by atoms with Crippen LogP contribution in [-0.2, 0) is 0 Å². The zero-order valence-corrected chi connectivity index (χ0v) is 17.5. The summed E-state index contributed by atoms with van der Waals surface area (Å²) in [7, 11) is 3.39. The van der Waals surface area contributed by atoms with E-state index in [0.29, 0.717) is 5.92 Å². The molecule has 2 atom stereocenters. The molecule has 0 aromatic heterocycles. The summed E-state index contributed by atoms with van der Waals surface area (Å²) in [5.74, 6) is 2.28. The van der Waals surface area contributed by atoms with Crippen LogP contribution in [0.15, 0.2) is 59.1 Å². The molecule has 0 N–H and O–H groups in total. The molecule has 3 heteroatoms. The number of benzene rings is 2. The SMILES string of the molecule is COc1ccc(/C=C2/C(=Nc3ccc(OC)cc3)[C@@]3(C)CC[C@@H]2C3(C)C)cc1. The fourth-order valence-electron chi connectivity index (χ4n) is 4.97. The highest BCUT2D eigenvalue weighted by molar-refractivity contribution is 6.12. The third-order valence-corrected chi connectivity index (χ3v) is 7.15. The molecule has 0 amide bonds. The van der Waals surface area contributed by atoms with Crippen LogP contribution in [0, 0.1) is 16.7 Å². The second kappa shape index (κ2) is 6.80. The Kier molecular flexibility index (Phi) is 4.57. The van der Waals surface area contributed by atoms with Crippen LogP contribution in [0.25, 0.3) is 6.08 Å². The standard InChI is InChI=1S/C25H29NO2/c1-24(2)22-14-15-25(24,3)23(26-18-8-12-20(28-5)13-9-18)21(22)16-17-6-10-19(27-4)11-7-17/h6-13,16,22H,14-15H2,1-5H3/b21-16+,26-23?/t22-,25+/m0/s1. The van der Waals surface area contributed by atoms with Gasteiger partial charge in [0.1, 0.15) is 11.5 Å². The van der Waals surface area contributed by atoms with Crippen LogP contribution in [0.3, 0.4) is 0 Å². The van der Waals surface area contributed by atoms with Gasteiger partial charge in [0, 0.05) is 5.41 Å². The number of rotatable bonds is 4. The number of fused-ring (bicyclic) bond motifs is 2. The van der Waals surface area contributed by atoms with Crippen molar-refractivity contribution in [1.82, 2.24) is 0 Å². The molecule has 0 aliphatic heterocycles. The van der Waals surface area contributed by atoms with Gasteiger partial charge in [-0.25, -0.2) is 0 Å². The van der Waals surface area contributed by atoms with Crippen molar-refractivity contribution < 1.29 is 9.47 Å². The van der Waals surface area contributed by atoms with Crippen molar-refractivity contribution in [3.05, 3.63) is 59.7 Å². The second-order valence-corrected chi connectivity index (χ2v) is 8.68. The molecule has 2 saturated carbocycles. The second-order valence-electron chi connectivity index (χ2n) is 8.68. The number of allylic oxidation sites excluding steroid dienone is 1. The van der Waals surface area contributed by atoms with Crippen molar-refractivity contribution in [2.75, 3.05) is 14.2 Å². The van der Waals surface area contributed by atoms with Gasteiger partial charge in [-0.1, -0.05) is 32.9 Å². The normalized spacial score (nSPS) is 28.1. The third-order valence-electron chi connectivity index (χ3n) is 7.15. The lowest BCUT2D eigenvalue weighted by molar-refractivity contribution is 0.203. The van der Waals surface area contributed by atoms with Crippen LogP contribution in [0.4, 0.5) is 5.69 Å². The van der Waals surface area contributed by atoms with E-state index in [1.807, 2.05) is 36.4 Å². The first-order chi connectivity index (χ1) is 13.4. The predicted octanol–water partition coefficient (Wildman–Crippen LogP) is 6.32. The van der Waals surface area contributed by atoms with E-state index in [1.54, 1.807) is 14.2 Å². The summed E-state index contributed by atoms with van der Waals surface area (Å²) in [6, 6.07) is 16.3. The third kappa shape index (κ3) is 2.85. The Hall–Kier alpha value is -2.55. The van der Waals surface area contributed by atoms with Crippen LogP contribution in [-0.4, -0.2) is 19.9 Å². The van der Waals surface area contributed by atoms with Gasteiger partial charge in [-0.3, -0.25) is 4.99 Å². The number of methoxy groups -OCH3 is 2. The maximum Gasteiger partial charge on any atom is 0.119 e. The van der Waals surface area contributed by atoms with E-state index in [-0.39, 0.29) is 10.8 Å². The summed E-state index contributed by atoms with van der Waals surface area (Å²) in [5.41, 5.74) is 5.12. The Bertz CT molecular complexity index is 922. The molecule has 0 radical (unpaired) electrons. The minimum Gasteiger partial charge on any atom is -0.497 e. The van der Waals surface area contributed by atoms with Crippen LogP contribution in [0.2, 0.25) is 0 Å². The van der Waals surface area contributed by atoms with Crippen molar-refractivity contribution in [3.8, 4) is 11.5 Å². The van der Waals surface area contributed by atoms with Gasteiger partial charge >= 0.3 is 0 Å². The summed E-state index contributed by atoms with van der Waals surface area (Å²) < 4.78 is 10.6. The molecule has 0 spiro atoms. The highest BCUT2D eigenvalue weighted by atomic mass is 16.5. The first kappa shape index (κ1) is 18.8. The van der Waals surface area contributed by atoms with Crippen molar-refractivity contribution in [3.63, 3.8) is 0 Å². The highest BCUT2D eigenvalue weighted by Gasteiger charge is 2.62. The zero-order chi connectivity index (χ0) is 19.9. The fraction of sp³-hybridized carbons (Fsp3) is 0.400. The van der Waals surface area contributed by atoms with E-state index in [9.17, 15) is 0 Å². The first-order valence-corrected chi connectivity index (χ1v) is 9.98. The molecule has 2 aromatic rings. The van der Waals surface area contributed by atoms with E-state index >= 15 is 0 Å². The Morgan fingerprint density at radius 3 is 2.04 bits per heavy atom. The highest BCUT2D eigenvalue weighted by Crippen LogP contribution is 2.66. The topological polar surface area (TPSA) is 30.8 Å².